The molecule has 11 heteroatoms. The molecule has 21 heavy (non-hydrogen) atoms. The molecular formula is C10H4Cl2F3O5S-. The molecular weight excluding hydrogens is 360 g/mol. The summed E-state index contributed by atoms with van der Waals surface area (Å²) >= 11 is 11.3. The summed E-state index contributed by atoms with van der Waals surface area (Å²) in [6, 6.07) is 1.82. The van der Waals surface area contributed by atoms with E-state index in [0.29, 0.717) is 6.08 Å². The highest BCUT2D eigenvalue weighted by Gasteiger charge is 2.48. The van der Waals surface area contributed by atoms with Crippen molar-refractivity contribution < 1.29 is 35.7 Å². The minimum atomic E-state index is -5.89. The highest BCUT2D eigenvalue weighted by molar-refractivity contribution is 7.88. The van der Waals surface area contributed by atoms with Crippen molar-refractivity contribution in [1.29, 1.82) is 0 Å². The maximum atomic E-state index is 12.2. The summed E-state index contributed by atoms with van der Waals surface area (Å²) in [5.74, 6) is -2.38. The highest BCUT2D eigenvalue weighted by Crippen LogP contribution is 2.37. The van der Waals surface area contributed by atoms with Crippen LogP contribution in [0.4, 0.5) is 13.2 Å². The van der Waals surface area contributed by atoms with Gasteiger partial charge < -0.3 is 14.1 Å². The van der Waals surface area contributed by atoms with Crippen molar-refractivity contribution in [1.82, 2.24) is 0 Å². The predicted octanol–water partition coefficient (Wildman–Crippen LogP) is 1.98. The number of hydrogen-bond acceptors (Lipinski definition) is 5. The maximum Gasteiger partial charge on any atom is 0.534 e. The van der Waals surface area contributed by atoms with E-state index < -0.39 is 32.4 Å². The molecule has 0 aromatic heterocycles. The zero-order valence-corrected chi connectivity index (χ0v) is 12.0. The topological polar surface area (TPSA) is 83.5 Å². The molecule has 0 unspecified atom stereocenters. The van der Waals surface area contributed by atoms with Gasteiger partial charge in [0.05, 0.1) is 11.0 Å². The van der Waals surface area contributed by atoms with Gasteiger partial charge in [0, 0.05) is 0 Å². The molecule has 0 spiro atoms. The summed E-state index contributed by atoms with van der Waals surface area (Å²) in [4.78, 5) is 10.2. The molecule has 0 saturated carbocycles. The van der Waals surface area contributed by atoms with Gasteiger partial charge in [0.1, 0.15) is 5.02 Å². The summed E-state index contributed by atoms with van der Waals surface area (Å²) in [6.07, 6.45) is 1.57. The zero-order chi connectivity index (χ0) is 16.4. The van der Waals surface area contributed by atoms with Crippen LogP contribution in [0, 0.1) is 0 Å². The van der Waals surface area contributed by atoms with Crippen LogP contribution >= 0.6 is 23.2 Å². The Labute approximate surface area is 126 Å². The molecule has 0 aliphatic heterocycles. The van der Waals surface area contributed by atoms with E-state index in [-0.39, 0.29) is 10.6 Å². The fourth-order valence-electron chi connectivity index (χ4n) is 1.06. The Bertz CT molecular complexity index is 697. The van der Waals surface area contributed by atoms with Crippen molar-refractivity contribution in [2.45, 2.75) is 5.51 Å². The van der Waals surface area contributed by atoms with Gasteiger partial charge in [-0.25, -0.2) is 0 Å². The van der Waals surface area contributed by atoms with E-state index in [2.05, 4.69) is 4.18 Å². The summed E-state index contributed by atoms with van der Waals surface area (Å²) in [5.41, 5.74) is -5.61. The van der Waals surface area contributed by atoms with Crippen molar-refractivity contribution in [3.05, 3.63) is 33.8 Å². The molecule has 116 valence electrons. The normalized spacial score (nSPS) is 12.6. The second kappa shape index (κ2) is 6.12. The fraction of sp³-hybridized carbons (Fsp3) is 0.100. The Balaban J connectivity index is 3.20. The van der Waals surface area contributed by atoms with E-state index in [9.17, 15) is 31.5 Å². The molecule has 0 aliphatic rings. The third kappa shape index (κ3) is 4.26. The van der Waals surface area contributed by atoms with Gasteiger partial charge in [-0.1, -0.05) is 29.3 Å². The number of aliphatic carboxylic acids is 1. The van der Waals surface area contributed by atoms with Crippen molar-refractivity contribution in [3.8, 4) is 5.75 Å². The Morgan fingerprint density at radius 1 is 1.24 bits per heavy atom. The van der Waals surface area contributed by atoms with Crippen molar-refractivity contribution in [2.24, 2.45) is 0 Å². The van der Waals surface area contributed by atoms with Crippen LogP contribution in [0.25, 0.3) is 6.08 Å². The second-order valence-electron chi connectivity index (χ2n) is 3.42. The van der Waals surface area contributed by atoms with Gasteiger partial charge in [0.15, 0.2) is 5.75 Å². The molecule has 0 heterocycles. The summed E-state index contributed by atoms with van der Waals surface area (Å²) < 4.78 is 62.0. The first-order valence-electron chi connectivity index (χ1n) is 4.83. The fourth-order valence-corrected chi connectivity index (χ4v) is 2.01. The van der Waals surface area contributed by atoms with E-state index in [1.54, 1.807) is 0 Å². The van der Waals surface area contributed by atoms with E-state index in [4.69, 9.17) is 23.2 Å². The van der Waals surface area contributed by atoms with Gasteiger partial charge in [-0.05, 0) is 23.8 Å². The van der Waals surface area contributed by atoms with Gasteiger partial charge in [0.25, 0.3) is 0 Å². The molecule has 1 aromatic rings. The quantitative estimate of drug-likeness (QED) is 0.464. The maximum absolute atomic E-state index is 12.2. The molecule has 0 N–H and O–H groups in total. The first-order valence-corrected chi connectivity index (χ1v) is 7.00. The van der Waals surface area contributed by atoms with Gasteiger partial charge in [0.2, 0.25) is 0 Å². The monoisotopic (exact) mass is 363 g/mol. The van der Waals surface area contributed by atoms with Gasteiger partial charge in [-0.2, -0.15) is 21.6 Å². The molecule has 0 aliphatic carbocycles. The van der Waals surface area contributed by atoms with Crippen LogP contribution in [0.1, 0.15) is 5.56 Å². The van der Waals surface area contributed by atoms with Gasteiger partial charge in [-0.15, -0.1) is 0 Å². The summed E-state index contributed by atoms with van der Waals surface area (Å²) in [5, 5.41) is 9.23. The van der Waals surface area contributed by atoms with E-state index in [1.807, 2.05) is 0 Å². The van der Waals surface area contributed by atoms with E-state index >= 15 is 0 Å². The molecule has 0 radical (unpaired) electrons. The standard InChI is InChI=1S/C10H5Cl2F3O5S/c11-8-5(2-4-7(16)17)1-3-6(9(8)12)20-21(18,19)10(13,14)15/h1-4H,(H,16,17)/p-1/b4-2+. The average molecular weight is 364 g/mol. The number of rotatable bonds is 4. The molecule has 1 aromatic carbocycles. The number of halogens is 5. The molecule has 0 amide bonds. The van der Waals surface area contributed by atoms with Gasteiger partial charge >= 0.3 is 15.6 Å². The molecule has 0 bridgehead atoms. The average Bonchev–Trinajstić information content (AvgIpc) is 2.32. The Kier molecular flexibility index (Phi) is 5.13. The number of hydrogen-bond donors (Lipinski definition) is 0. The SMILES string of the molecule is O=C([O-])/C=C/c1ccc(OS(=O)(=O)C(F)(F)F)c(Cl)c1Cl. The van der Waals surface area contributed by atoms with Crippen molar-refractivity contribution in [3.63, 3.8) is 0 Å². The van der Waals surface area contributed by atoms with Crippen molar-refractivity contribution in [2.75, 3.05) is 0 Å². The molecule has 1 rings (SSSR count). The molecule has 5 nitrogen and oxygen atoms in total. The second-order valence-corrected chi connectivity index (χ2v) is 5.71. The number of alkyl halides is 3. The lowest BCUT2D eigenvalue weighted by molar-refractivity contribution is -0.297. The third-order valence-corrected chi connectivity index (χ3v) is 3.80. The lowest BCUT2D eigenvalue weighted by Gasteiger charge is -2.12. The summed E-state index contributed by atoms with van der Waals surface area (Å²) in [7, 11) is -5.89. The molecule has 0 fully saturated rings. The van der Waals surface area contributed by atoms with Crippen LogP contribution in [0.3, 0.4) is 0 Å². The van der Waals surface area contributed by atoms with Crippen LogP contribution in [0.15, 0.2) is 18.2 Å². The minimum Gasteiger partial charge on any atom is -0.545 e. The number of carboxylic acid groups (broad SMARTS) is 1. The summed E-state index contributed by atoms with van der Waals surface area (Å²) in [6.45, 7) is 0. The van der Waals surface area contributed by atoms with Gasteiger partial charge in [-0.3, -0.25) is 0 Å². The molecule has 0 atom stereocenters. The number of carbonyl (C=O) groups excluding carboxylic acids is 1. The predicted molar refractivity (Wildman–Crippen MR) is 66.1 cm³/mol. The first kappa shape index (κ1) is 17.6. The van der Waals surface area contributed by atoms with Crippen molar-refractivity contribution >= 4 is 45.4 Å². The Hall–Kier alpha value is -1.45. The largest absolute Gasteiger partial charge is 0.545 e. The number of benzene rings is 1. The Morgan fingerprint density at radius 2 is 1.81 bits per heavy atom. The zero-order valence-electron chi connectivity index (χ0n) is 9.65. The van der Waals surface area contributed by atoms with E-state index in [1.165, 1.54) is 0 Å². The molecule has 0 saturated heterocycles. The Morgan fingerprint density at radius 3 is 2.29 bits per heavy atom. The third-order valence-electron chi connectivity index (χ3n) is 1.96. The lowest BCUT2D eigenvalue weighted by atomic mass is 10.2. The first-order chi connectivity index (χ1) is 9.45. The van der Waals surface area contributed by atoms with Crippen LogP contribution in [-0.2, 0) is 14.9 Å². The number of carbonyl (C=O) groups is 1. The van der Waals surface area contributed by atoms with Crippen LogP contribution in [0.2, 0.25) is 10.0 Å². The lowest BCUT2D eigenvalue weighted by Crippen LogP contribution is -2.28. The highest BCUT2D eigenvalue weighted by atomic mass is 35.5. The van der Waals surface area contributed by atoms with Crippen LogP contribution in [0.5, 0.6) is 5.75 Å². The van der Waals surface area contributed by atoms with Crippen LogP contribution < -0.4 is 9.29 Å². The van der Waals surface area contributed by atoms with E-state index in [0.717, 1.165) is 18.2 Å². The smallest absolute Gasteiger partial charge is 0.534 e. The minimum absolute atomic E-state index is 0.0163. The van der Waals surface area contributed by atoms with Crippen LogP contribution in [-0.4, -0.2) is 19.9 Å². The number of carboxylic acids is 1.